The fourth-order valence-corrected chi connectivity index (χ4v) is 3.81. The van der Waals surface area contributed by atoms with Gasteiger partial charge in [-0.05, 0) is 48.7 Å². The van der Waals surface area contributed by atoms with Crippen LogP contribution in [0.1, 0.15) is 34.8 Å². The summed E-state index contributed by atoms with van der Waals surface area (Å²) in [5.41, 5.74) is 1.63. The van der Waals surface area contributed by atoms with E-state index in [0.717, 1.165) is 29.8 Å². The third kappa shape index (κ3) is 3.33. The second-order valence-corrected chi connectivity index (χ2v) is 7.44. The number of benzene rings is 2. The van der Waals surface area contributed by atoms with E-state index in [1.165, 1.54) is 0 Å². The van der Waals surface area contributed by atoms with Gasteiger partial charge in [-0.2, -0.15) is 0 Å². The first-order valence-electron chi connectivity index (χ1n) is 7.57. The molecule has 1 aliphatic rings. The molecular formula is C18H18ClNO2S. The minimum Gasteiger partial charge on any atom is -0.332 e. The van der Waals surface area contributed by atoms with E-state index in [1.807, 2.05) is 29.2 Å². The molecule has 0 N–H and O–H groups in total. The van der Waals surface area contributed by atoms with E-state index in [0.29, 0.717) is 10.6 Å². The van der Waals surface area contributed by atoms with Gasteiger partial charge in [-0.15, -0.1) is 0 Å². The fourth-order valence-electron chi connectivity index (χ4n) is 3.03. The minimum atomic E-state index is -1.03. The van der Waals surface area contributed by atoms with Gasteiger partial charge in [0.05, 0.1) is 6.04 Å². The van der Waals surface area contributed by atoms with Crippen LogP contribution in [0.25, 0.3) is 0 Å². The third-order valence-corrected chi connectivity index (χ3v) is 5.49. The summed E-state index contributed by atoms with van der Waals surface area (Å²) >= 11 is 6.30. The van der Waals surface area contributed by atoms with E-state index in [2.05, 4.69) is 0 Å². The van der Waals surface area contributed by atoms with Crippen molar-refractivity contribution in [3.05, 3.63) is 64.7 Å². The Morgan fingerprint density at radius 3 is 2.52 bits per heavy atom. The molecule has 1 fully saturated rings. The van der Waals surface area contributed by atoms with Crippen molar-refractivity contribution in [2.24, 2.45) is 0 Å². The molecule has 1 amide bonds. The Kier molecular flexibility index (Phi) is 4.83. The molecule has 5 heteroatoms. The van der Waals surface area contributed by atoms with Gasteiger partial charge >= 0.3 is 0 Å². The first kappa shape index (κ1) is 16.2. The molecule has 1 aliphatic heterocycles. The van der Waals surface area contributed by atoms with Crippen molar-refractivity contribution in [3.63, 3.8) is 0 Å². The van der Waals surface area contributed by atoms with Gasteiger partial charge in [0.25, 0.3) is 5.91 Å². The summed E-state index contributed by atoms with van der Waals surface area (Å²) in [6.45, 7) is 0.732. The molecule has 2 atom stereocenters. The maximum Gasteiger partial charge on any atom is 0.254 e. The number of carbonyl (C=O) groups excluding carboxylic acids is 1. The third-order valence-electron chi connectivity index (χ3n) is 4.21. The molecule has 1 saturated heterocycles. The van der Waals surface area contributed by atoms with E-state index in [1.54, 1.807) is 30.5 Å². The van der Waals surface area contributed by atoms with E-state index in [-0.39, 0.29) is 11.9 Å². The maximum absolute atomic E-state index is 12.8. The first-order valence-corrected chi connectivity index (χ1v) is 9.50. The molecular weight excluding hydrogens is 330 g/mol. The van der Waals surface area contributed by atoms with Crippen molar-refractivity contribution in [1.82, 2.24) is 4.90 Å². The van der Waals surface area contributed by atoms with Gasteiger partial charge in [0, 0.05) is 39.1 Å². The maximum atomic E-state index is 12.8. The SMILES string of the molecule is CS(=O)c1ccc(C(=O)N2CCCC2c2ccccc2Cl)cc1. The smallest absolute Gasteiger partial charge is 0.254 e. The Morgan fingerprint density at radius 2 is 1.87 bits per heavy atom. The molecule has 0 aromatic heterocycles. The largest absolute Gasteiger partial charge is 0.332 e. The molecule has 3 nitrogen and oxygen atoms in total. The van der Waals surface area contributed by atoms with Gasteiger partial charge in [-0.25, -0.2) is 0 Å². The van der Waals surface area contributed by atoms with Crippen molar-refractivity contribution < 1.29 is 9.00 Å². The van der Waals surface area contributed by atoms with Crippen molar-refractivity contribution >= 4 is 28.3 Å². The molecule has 0 aliphatic carbocycles. The van der Waals surface area contributed by atoms with Crippen molar-refractivity contribution in [2.75, 3.05) is 12.8 Å². The Hall–Kier alpha value is -1.65. The number of carbonyl (C=O) groups is 1. The monoisotopic (exact) mass is 347 g/mol. The summed E-state index contributed by atoms with van der Waals surface area (Å²) in [4.78, 5) is 15.4. The first-order chi connectivity index (χ1) is 11.1. The Bertz CT molecular complexity index is 745. The standard InChI is InChI=1S/C18H18ClNO2S/c1-23(22)14-10-8-13(9-11-14)18(21)20-12-4-7-17(20)15-5-2-3-6-16(15)19/h2-3,5-6,8-11,17H,4,7,12H2,1H3. The lowest BCUT2D eigenvalue weighted by Crippen LogP contribution is -2.30. The van der Waals surface area contributed by atoms with Crippen LogP contribution in [-0.2, 0) is 10.8 Å². The molecule has 0 bridgehead atoms. The molecule has 120 valence electrons. The van der Waals surface area contributed by atoms with Gasteiger partial charge in [0.2, 0.25) is 0 Å². The summed E-state index contributed by atoms with van der Waals surface area (Å²) in [6.07, 6.45) is 3.52. The highest BCUT2D eigenvalue weighted by Gasteiger charge is 2.31. The second-order valence-electron chi connectivity index (χ2n) is 5.66. The second kappa shape index (κ2) is 6.85. The summed E-state index contributed by atoms with van der Waals surface area (Å²) in [6, 6.07) is 14.7. The Labute approximate surface area is 143 Å². The number of rotatable bonds is 3. The van der Waals surface area contributed by atoms with E-state index in [4.69, 9.17) is 11.6 Å². The number of hydrogen-bond donors (Lipinski definition) is 0. The zero-order valence-electron chi connectivity index (χ0n) is 12.9. The van der Waals surface area contributed by atoms with Crippen LogP contribution in [0.4, 0.5) is 0 Å². The normalized spacial score (nSPS) is 18.9. The Balaban J connectivity index is 1.86. The van der Waals surface area contributed by atoms with Crippen LogP contribution in [0.5, 0.6) is 0 Å². The van der Waals surface area contributed by atoms with E-state index in [9.17, 15) is 9.00 Å². The van der Waals surface area contributed by atoms with Gasteiger partial charge in [0.1, 0.15) is 0 Å². The number of likely N-dealkylation sites (tertiary alicyclic amines) is 1. The molecule has 2 aromatic carbocycles. The lowest BCUT2D eigenvalue weighted by Gasteiger charge is -2.26. The van der Waals surface area contributed by atoms with Crippen LogP contribution >= 0.6 is 11.6 Å². The molecule has 2 aromatic rings. The van der Waals surface area contributed by atoms with Crippen LogP contribution < -0.4 is 0 Å². The number of amides is 1. The lowest BCUT2D eigenvalue weighted by atomic mass is 10.0. The fraction of sp³-hybridized carbons (Fsp3) is 0.278. The van der Waals surface area contributed by atoms with Crippen molar-refractivity contribution in [2.45, 2.75) is 23.8 Å². The lowest BCUT2D eigenvalue weighted by molar-refractivity contribution is 0.0735. The average Bonchev–Trinajstić information content (AvgIpc) is 3.04. The molecule has 0 saturated carbocycles. The summed E-state index contributed by atoms with van der Waals surface area (Å²) in [5.74, 6) is 0.000792. The molecule has 2 unspecified atom stereocenters. The summed E-state index contributed by atoms with van der Waals surface area (Å²) in [7, 11) is -1.03. The van der Waals surface area contributed by atoms with E-state index >= 15 is 0 Å². The minimum absolute atomic E-state index is 0.000792. The van der Waals surface area contributed by atoms with Crippen molar-refractivity contribution in [3.8, 4) is 0 Å². The quantitative estimate of drug-likeness (QED) is 0.839. The number of hydrogen-bond acceptors (Lipinski definition) is 2. The van der Waals surface area contributed by atoms with Crippen LogP contribution in [0.3, 0.4) is 0 Å². The topological polar surface area (TPSA) is 37.4 Å². The molecule has 3 rings (SSSR count). The zero-order chi connectivity index (χ0) is 16.4. The van der Waals surface area contributed by atoms with Crippen LogP contribution in [0.2, 0.25) is 5.02 Å². The highest BCUT2D eigenvalue weighted by molar-refractivity contribution is 7.84. The predicted molar refractivity (Wildman–Crippen MR) is 93.2 cm³/mol. The zero-order valence-corrected chi connectivity index (χ0v) is 14.4. The summed E-state index contributed by atoms with van der Waals surface area (Å²) < 4.78 is 11.5. The molecule has 1 heterocycles. The van der Waals surface area contributed by atoms with Gasteiger partial charge in [0.15, 0.2) is 0 Å². The van der Waals surface area contributed by atoms with Gasteiger partial charge in [-0.1, -0.05) is 29.8 Å². The van der Waals surface area contributed by atoms with Gasteiger partial charge < -0.3 is 4.90 Å². The number of nitrogens with zero attached hydrogens (tertiary/aromatic N) is 1. The summed E-state index contributed by atoms with van der Waals surface area (Å²) in [5, 5.41) is 0.703. The molecule has 0 radical (unpaired) electrons. The van der Waals surface area contributed by atoms with Crippen molar-refractivity contribution in [1.29, 1.82) is 0 Å². The van der Waals surface area contributed by atoms with Gasteiger partial charge in [-0.3, -0.25) is 9.00 Å². The number of halogens is 1. The van der Waals surface area contributed by atoms with Crippen LogP contribution in [0, 0.1) is 0 Å². The van der Waals surface area contributed by atoms with E-state index < -0.39 is 10.8 Å². The van der Waals surface area contributed by atoms with Crippen LogP contribution in [0.15, 0.2) is 53.4 Å². The molecule has 23 heavy (non-hydrogen) atoms. The van der Waals surface area contributed by atoms with Crippen LogP contribution in [-0.4, -0.2) is 27.8 Å². The average molecular weight is 348 g/mol. The highest BCUT2D eigenvalue weighted by atomic mass is 35.5. The predicted octanol–water partition coefficient (Wildman–Crippen LogP) is 4.05. The highest BCUT2D eigenvalue weighted by Crippen LogP contribution is 2.36. The Morgan fingerprint density at radius 1 is 1.17 bits per heavy atom. The molecule has 0 spiro atoms.